The molecule has 0 aliphatic heterocycles. The molecule has 0 aliphatic rings. The van der Waals surface area contributed by atoms with Gasteiger partial charge in [0.2, 0.25) is 5.78 Å². The van der Waals surface area contributed by atoms with Crippen molar-refractivity contribution in [3.63, 3.8) is 0 Å². The Kier molecular flexibility index (Phi) is 3.98. The number of rotatable bonds is 4. The zero-order valence-electron chi connectivity index (χ0n) is 8.52. The number of carbonyl (C=O) groups excluding carboxylic acids is 1. The minimum Gasteiger partial charge on any atom is -0.495 e. The summed E-state index contributed by atoms with van der Waals surface area (Å²) in [6, 6.07) is 2.94. The van der Waals surface area contributed by atoms with E-state index in [2.05, 4.69) is 0 Å². The van der Waals surface area contributed by atoms with E-state index in [0.29, 0.717) is 0 Å². The SMILES string of the molecule is COc1cc(C(=O)C(F)(F)C(F)F)ccc1Cl. The van der Waals surface area contributed by atoms with E-state index in [1.165, 1.54) is 7.11 Å². The molecule has 0 heterocycles. The van der Waals surface area contributed by atoms with Crippen LogP contribution in [0.1, 0.15) is 10.4 Å². The maximum atomic E-state index is 12.8. The van der Waals surface area contributed by atoms with Crippen LogP contribution >= 0.6 is 11.6 Å². The van der Waals surface area contributed by atoms with E-state index in [-0.39, 0.29) is 10.8 Å². The summed E-state index contributed by atoms with van der Waals surface area (Å²) in [4.78, 5) is 11.2. The number of benzene rings is 1. The van der Waals surface area contributed by atoms with Crippen molar-refractivity contribution in [2.45, 2.75) is 12.3 Å². The molecule has 0 amide bonds. The van der Waals surface area contributed by atoms with Gasteiger partial charge in [-0.05, 0) is 18.2 Å². The van der Waals surface area contributed by atoms with E-state index in [9.17, 15) is 22.4 Å². The van der Waals surface area contributed by atoms with E-state index in [0.717, 1.165) is 18.2 Å². The van der Waals surface area contributed by atoms with Gasteiger partial charge in [-0.15, -0.1) is 0 Å². The molecule has 0 fully saturated rings. The molecule has 17 heavy (non-hydrogen) atoms. The first-order valence-corrected chi connectivity index (χ1v) is 4.72. The molecule has 0 radical (unpaired) electrons. The van der Waals surface area contributed by atoms with E-state index >= 15 is 0 Å². The average Bonchev–Trinajstić information content (AvgIpc) is 2.28. The summed E-state index contributed by atoms with van der Waals surface area (Å²) in [6.07, 6.45) is -4.06. The highest BCUT2D eigenvalue weighted by molar-refractivity contribution is 6.32. The Morgan fingerprint density at radius 2 is 2.00 bits per heavy atom. The molecule has 0 bridgehead atoms. The third-order valence-corrected chi connectivity index (χ3v) is 2.30. The monoisotopic (exact) mass is 270 g/mol. The van der Waals surface area contributed by atoms with Crippen molar-refractivity contribution in [3.8, 4) is 5.75 Å². The summed E-state index contributed by atoms with van der Waals surface area (Å²) in [6.45, 7) is 0. The van der Waals surface area contributed by atoms with Crippen LogP contribution in [0.2, 0.25) is 5.02 Å². The first-order chi connectivity index (χ1) is 7.80. The van der Waals surface area contributed by atoms with Crippen molar-refractivity contribution in [1.82, 2.24) is 0 Å². The van der Waals surface area contributed by atoms with Crippen LogP contribution in [0, 0.1) is 0 Å². The molecule has 0 atom stereocenters. The van der Waals surface area contributed by atoms with Crippen LogP contribution in [0.5, 0.6) is 5.75 Å². The first-order valence-electron chi connectivity index (χ1n) is 4.35. The summed E-state index contributed by atoms with van der Waals surface area (Å²) in [5, 5.41) is 0.0874. The second kappa shape index (κ2) is 4.91. The van der Waals surface area contributed by atoms with Crippen molar-refractivity contribution in [2.75, 3.05) is 7.11 Å². The zero-order chi connectivity index (χ0) is 13.2. The Morgan fingerprint density at radius 1 is 1.41 bits per heavy atom. The van der Waals surface area contributed by atoms with Crippen LogP contribution < -0.4 is 4.74 Å². The number of ketones is 1. The van der Waals surface area contributed by atoms with Gasteiger partial charge in [0.1, 0.15) is 5.75 Å². The van der Waals surface area contributed by atoms with Crippen LogP contribution in [-0.4, -0.2) is 25.2 Å². The normalized spacial score (nSPS) is 11.7. The van der Waals surface area contributed by atoms with E-state index in [1.807, 2.05) is 0 Å². The van der Waals surface area contributed by atoms with Crippen molar-refractivity contribution in [1.29, 1.82) is 0 Å². The largest absolute Gasteiger partial charge is 0.495 e. The summed E-state index contributed by atoms with van der Waals surface area (Å²) < 4.78 is 54.2. The number of halogens is 5. The lowest BCUT2D eigenvalue weighted by Gasteiger charge is -2.14. The van der Waals surface area contributed by atoms with E-state index in [4.69, 9.17) is 16.3 Å². The summed E-state index contributed by atoms with van der Waals surface area (Å²) >= 11 is 5.61. The second-order valence-electron chi connectivity index (χ2n) is 3.10. The van der Waals surface area contributed by atoms with Crippen LogP contribution in [0.3, 0.4) is 0 Å². The highest BCUT2D eigenvalue weighted by Gasteiger charge is 2.49. The lowest BCUT2D eigenvalue weighted by Crippen LogP contribution is -2.36. The molecule has 94 valence electrons. The molecule has 1 rings (SSSR count). The van der Waals surface area contributed by atoms with Crippen molar-refractivity contribution >= 4 is 17.4 Å². The molecular weight excluding hydrogens is 264 g/mol. The van der Waals surface area contributed by atoms with Crippen molar-refractivity contribution in [2.24, 2.45) is 0 Å². The second-order valence-corrected chi connectivity index (χ2v) is 3.51. The Labute approximate surface area is 99.1 Å². The fourth-order valence-corrected chi connectivity index (χ4v) is 1.29. The third-order valence-electron chi connectivity index (χ3n) is 1.99. The third kappa shape index (κ3) is 2.69. The van der Waals surface area contributed by atoms with E-state index in [1.54, 1.807) is 0 Å². The highest BCUT2D eigenvalue weighted by atomic mass is 35.5. The van der Waals surface area contributed by atoms with Gasteiger partial charge < -0.3 is 4.74 Å². The minimum absolute atomic E-state index is 0.0393. The van der Waals surface area contributed by atoms with Crippen molar-refractivity contribution < 1.29 is 27.1 Å². The van der Waals surface area contributed by atoms with Gasteiger partial charge in [-0.25, -0.2) is 8.78 Å². The van der Waals surface area contributed by atoms with Gasteiger partial charge in [0.25, 0.3) is 0 Å². The summed E-state index contributed by atoms with van der Waals surface area (Å²) in [5.41, 5.74) is -0.587. The number of carbonyl (C=O) groups is 1. The van der Waals surface area contributed by atoms with Gasteiger partial charge in [0.05, 0.1) is 12.1 Å². The zero-order valence-corrected chi connectivity index (χ0v) is 9.27. The quantitative estimate of drug-likeness (QED) is 0.619. The number of hydrogen-bond acceptors (Lipinski definition) is 2. The molecule has 2 nitrogen and oxygen atoms in total. The van der Waals surface area contributed by atoms with Gasteiger partial charge in [0, 0.05) is 5.56 Å². The van der Waals surface area contributed by atoms with Crippen LogP contribution in [0.25, 0.3) is 0 Å². The summed E-state index contributed by atoms with van der Waals surface area (Å²) in [5.74, 6) is -6.73. The predicted octanol–water partition coefficient (Wildman–Crippen LogP) is 3.43. The first kappa shape index (κ1) is 13.8. The Hall–Kier alpha value is -1.30. The molecule has 7 heteroatoms. The number of methoxy groups -OCH3 is 1. The fraction of sp³-hybridized carbons (Fsp3) is 0.300. The Balaban J connectivity index is 3.13. The summed E-state index contributed by atoms with van der Waals surface area (Å²) in [7, 11) is 1.21. The lowest BCUT2D eigenvalue weighted by molar-refractivity contribution is -0.0958. The van der Waals surface area contributed by atoms with Gasteiger partial charge in [-0.1, -0.05) is 11.6 Å². The van der Waals surface area contributed by atoms with Crippen LogP contribution in [0.15, 0.2) is 18.2 Å². The average molecular weight is 271 g/mol. The maximum absolute atomic E-state index is 12.8. The highest BCUT2D eigenvalue weighted by Crippen LogP contribution is 2.31. The molecule has 1 aromatic carbocycles. The molecule has 0 aliphatic carbocycles. The molecule has 0 saturated heterocycles. The lowest BCUT2D eigenvalue weighted by atomic mass is 10.1. The Morgan fingerprint density at radius 3 is 2.47 bits per heavy atom. The van der Waals surface area contributed by atoms with Gasteiger partial charge in [-0.3, -0.25) is 4.79 Å². The van der Waals surface area contributed by atoms with Gasteiger partial charge >= 0.3 is 12.3 Å². The molecule has 0 aromatic heterocycles. The van der Waals surface area contributed by atoms with Crippen LogP contribution in [-0.2, 0) is 0 Å². The molecular formula is C10H7ClF4O2. The van der Waals surface area contributed by atoms with E-state index < -0.39 is 23.7 Å². The Bertz CT molecular complexity index is 434. The predicted molar refractivity (Wildman–Crippen MR) is 53.3 cm³/mol. The van der Waals surface area contributed by atoms with Crippen LogP contribution in [0.4, 0.5) is 17.6 Å². The molecule has 0 saturated carbocycles. The minimum atomic E-state index is -4.72. The number of hydrogen-bond donors (Lipinski definition) is 0. The number of ether oxygens (including phenoxy) is 1. The maximum Gasteiger partial charge on any atom is 0.368 e. The topological polar surface area (TPSA) is 26.3 Å². The molecule has 1 aromatic rings. The molecule has 0 unspecified atom stereocenters. The fourth-order valence-electron chi connectivity index (χ4n) is 1.09. The smallest absolute Gasteiger partial charge is 0.368 e. The molecule has 0 spiro atoms. The van der Waals surface area contributed by atoms with Gasteiger partial charge in [0.15, 0.2) is 0 Å². The molecule has 0 N–H and O–H groups in total. The van der Waals surface area contributed by atoms with Crippen molar-refractivity contribution in [3.05, 3.63) is 28.8 Å². The standard InChI is InChI=1S/C10H7ClF4O2/c1-17-7-4-5(2-3-6(7)11)8(16)10(14,15)9(12)13/h2-4,9H,1H3. The number of Topliss-reactive ketones (excluding diaryl/α,β-unsaturated/α-hetero) is 1. The van der Waals surface area contributed by atoms with Gasteiger partial charge in [-0.2, -0.15) is 8.78 Å². The number of alkyl halides is 4.